The summed E-state index contributed by atoms with van der Waals surface area (Å²) in [4.78, 5) is 12.6. The fourth-order valence-corrected chi connectivity index (χ4v) is 4.04. The Labute approximate surface area is 130 Å². The summed E-state index contributed by atoms with van der Waals surface area (Å²) >= 11 is 3.56. The fourth-order valence-electron chi connectivity index (χ4n) is 3.26. The molecule has 1 aliphatic rings. The molecule has 1 aromatic rings. The summed E-state index contributed by atoms with van der Waals surface area (Å²) in [6, 6.07) is 4.15. The van der Waals surface area contributed by atoms with Gasteiger partial charge in [0.1, 0.15) is 0 Å². The fraction of sp³-hybridized carbons (Fsp3) is 0.588. The Morgan fingerprint density at radius 1 is 1.30 bits per heavy atom. The average molecular weight is 338 g/mol. The van der Waals surface area contributed by atoms with Crippen molar-refractivity contribution in [2.24, 2.45) is 11.3 Å². The summed E-state index contributed by atoms with van der Waals surface area (Å²) in [6.45, 7) is 8.54. The van der Waals surface area contributed by atoms with Crippen molar-refractivity contribution in [2.75, 3.05) is 5.32 Å². The number of anilines is 1. The van der Waals surface area contributed by atoms with Crippen LogP contribution >= 0.6 is 15.9 Å². The molecule has 0 heterocycles. The Morgan fingerprint density at radius 3 is 2.60 bits per heavy atom. The maximum absolute atomic E-state index is 12.6. The summed E-state index contributed by atoms with van der Waals surface area (Å²) in [5.74, 6) is 0.284. The zero-order valence-electron chi connectivity index (χ0n) is 12.8. The lowest BCUT2D eigenvalue weighted by atomic mass is 9.68. The number of halogens is 1. The molecule has 1 amide bonds. The summed E-state index contributed by atoms with van der Waals surface area (Å²) < 4.78 is 0.969. The molecule has 110 valence electrons. The number of benzene rings is 1. The van der Waals surface area contributed by atoms with Crippen molar-refractivity contribution >= 4 is 27.5 Å². The Bertz CT molecular complexity index is 499. The SMILES string of the molecule is Cc1cc(C)c(NC(=O)C2CCCCC2(C)C)c(Br)c1. The number of rotatable bonds is 2. The summed E-state index contributed by atoms with van der Waals surface area (Å²) in [6.07, 6.45) is 4.54. The first-order chi connectivity index (χ1) is 9.31. The van der Waals surface area contributed by atoms with Gasteiger partial charge < -0.3 is 5.32 Å². The van der Waals surface area contributed by atoms with E-state index in [1.165, 1.54) is 12.0 Å². The molecule has 2 rings (SSSR count). The maximum Gasteiger partial charge on any atom is 0.228 e. The molecule has 1 atom stereocenters. The van der Waals surface area contributed by atoms with Crippen molar-refractivity contribution in [3.63, 3.8) is 0 Å². The topological polar surface area (TPSA) is 29.1 Å². The third kappa shape index (κ3) is 3.25. The quantitative estimate of drug-likeness (QED) is 0.787. The van der Waals surface area contributed by atoms with E-state index in [1.54, 1.807) is 0 Å². The van der Waals surface area contributed by atoms with E-state index in [9.17, 15) is 4.79 Å². The first-order valence-electron chi connectivity index (χ1n) is 7.39. The number of amides is 1. The maximum atomic E-state index is 12.6. The number of nitrogens with one attached hydrogen (secondary N) is 1. The predicted molar refractivity (Wildman–Crippen MR) is 88.0 cm³/mol. The van der Waals surface area contributed by atoms with Crippen molar-refractivity contribution in [3.05, 3.63) is 27.7 Å². The predicted octanol–water partition coefficient (Wildman–Crippen LogP) is 5.22. The molecule has 1 fully saturated rings. The standard InChI is InChI=1S/C17H24BrNO/c1-11-9-12(2)15(14(18)10-11)19-16(20)13-7-5-6-8-17(13,3)4/h9-10,13H,5-8H2,1-4H3,(H,19,20). The second-order valence-electron chi connectivity index (χ2n) is 6.71. The van der Waals surface area contributed by atoms with Gasteiger partial charge in [-0.3, -0.25) is 4.79 Å². The molecule has 1 aromatic carbocycles. The van der Waals surface area contributed by atoms with E-state index in [2.05, 4.69) is 54.2 Å². The van der Waals surface area contributed by atoms with E-state index < -0.39 is 0 Å². The number of hydrogen-bond donors (Lipinski definition) is 1. The van der Waals surface area contributed by atoms with Gasteiger partial charge in [0.2, 0.25) is 5.91 Å². The first-order valence-corrected chi connectivity index (χ1v) is 8.18. The van der Waals surface area contributed by atoms with E-state index in [-0.39, 0.29) is 17.2 Å². The normalized spacial score (nSPS) is 21.6. The van der Waals surface area contributed by atoms with Crippen LogP contribution in [0.5, 0.6) is 0 Å². The van der Waals surface area contributed by atoms with Crippen LogP contribution in [-0.2, 0) is 4.79 Å². The van der Waals surface area contributed by atoms with Crippen molar-refractivity contribution < 1.29 is 4.79 Å². The Kier molecular flexibility index (Phi) is 4.58. The van der Waals surface area contributed by atoms with Crippen LogP contribution in [0.25, 0.3) is 0 Å². The first kappa shape index (κ1) is 15.6. The molecule has 1 unspecified atom stereocenters. The van der Waals surface area contributed by atoms with Gasteiger partial charge in [0, 0.05) is 10.4 Å². The minimum atomic E-state index is 0.105. The van der Waals surface area contributed by atoms with Gasteiger partial charge in [0.05, 0.1) is 5.69 Å². The zero-order chi connectivity index (χ0) is 14.9. The Hall–Kier alpha value is -0.830. The lowest BCUT2D eigenvalue weighted by Crippen LogP contribution is -2.37. The monoisotopic (exact) mass is 337 g/mol. The molecule has 20 heavy (non-hydrogen) atoms. The second-order valence-corrected chi connectivity index (χ2v) is 7.57. The minimum Gasteiger partial charge on any atom is -0.325 e. The molecule has 0 radical (unpaired) electrons. The number of carbonyl (C=O) groups is 1. The highest BCUT2D eigenvalue weighted by Gasteiger charge is 2.37. The Morgan fingerprint density at radius 2 is 2.00 bits per heavy atom. The van der Waals surface area contributed by atoms with Gasteiger partial charge in [-0.05, 0) is 65.2 Å². The van der Waals surface area contributed by atoms with Gasteiger partial charge in [-0.15, -0.1) is 0 Å². The van der Waals surface area contributed by atoms with Gasteiger partial charge in [-0.1, -0.05) is 32.8 Å². The number of aryl methyl sites for hydroxylation is 2. The van der Waals surface area contributed by atoms with Crippen LogP contribution in [0.15, 0.2) is 16.6 Å². The van der Waals surface area contributed by atoms with Crippen molar-refractivity contribution in [3.8, 4) is 0 Å². The van der Waals surface area contributed by atoms with Crippen LogP contribution in [0.4, 0.5) is 5.69 Å². The smallest absolute Gasteiger partial charge is 0.228 e. The van der Waals surface area contributed by atoms with Gasteiger partial charge in [-0.25, -0.2) is 0 Å². The molecule has 1 aliphatic carbocycles. The van der Waals surface area contributed by atoms with E-state index in [4.69, 9.17) is 0 Å². The summed E-state index contributed by atoms with van der Waals surface area (Å²) in [5, 5.41) is 3.15. The molecule has 0 spiro atoms. The van der Waals surface area contributed by atoms with Gasteiger partial charge >= 0.3 is 0 Å². The highest BCUT2D eigenvalue weighted by atomic mass is 79.9. The third-order valence-corrected chi connectivity index (χ3v) is 5.13. The highest BCUT2D eigenvalue weighted by Crippen LogP contribution is 2.41. The van der Waals surface area contributed by atoms with Gasteiger partial charge in [0.15, 0.2) is 0 Å². The molecule has 2 nitrogen and oxygen atoms in total. The Balaban J connectivity index is 2.20. The summed E-state index contributed by atoms with van der Waals surface area (Å²) in [5.41, 5.74) is 3.33. The van der Waals surface area contributed by atoms with Crippen LogP contribution in [0.1, 0.15) is 50.7 Å². The van der Waals surface area contributed by atoms with E-state index in [1.807, 2.05) is 6.92 Å². The average Bonchev–Trinajstić information content (AvgIpc) is 2.32. The van der Waals surface area contributed by atoms with Crippen molar-refractivity contribution in [2.45, 2.75) is 53.4 Å². The van der Waals surface area contributed by atoms with E-state index in [0.29, 0.717) is 0 Å². The zero-order valence-corrected chi connectivity index (χ0v) is 14.4. The molecule has 1 saturated carbocycles. The molecule has 0 saturated heterocycles. The lowest BCUT2D eigenvalue weighted by Gasteiger charge is -2.37. The lowest BCUT2D eigenvalue weighted by molar-refractivity contribution is -0.124. The van der Waals surface area contributed by atoms with Crippen LogP contribution in [-0.4, -0.2) is 5.91 Å². The third-order valence-electron chi connectivity index (χ3n) is 4.50. The van der Waals surface area contributed by atoms with Crippen LogP contribution in [0.2, 0.25) is 0 Å². The van der Waals surface area contributed by atoms with Crippen molar-refractivity contribution in [1.82, 2.24) is 0 Å². The van der Waals surface area contributed by atoms with Crippen LogP contribution in [0, 0.1) is 25.2 Å². The second kappa shape index (κ2) is 5.88. The van der Waals surface area contributed by atoms with Crippen LogP contribution in [0.3, 0.4) is 0 Å². The highest BCUT2D eigenvalue weighted by molar-refractivity contribution is 9.10. The largest absolute Gasteiger partial charge is 0.325 e. The molecule has 3 heteroatoms. The van der Waals surface area contributed by atoms with Crippen molar-refractivity contribution in [1.29, 1.82) is 0 Å². The molecular weight excluding hydrogens is 314 g/mol. The van der Waals surface area contributed by atoms with E-state index in [0.717, 1.165) is 35.0 Å². The molecule has 0 bridgehead atoms. The number of hydrogen-bond acceptors (Lipinski definition) is 1. The molecule has 1 N–H and O–H groups in total. The van der Waals surface area contributed by atoms with Gasteiger partial charge in [0.25, 0.3) is 0 Å². The number of carbonyl (C=O) groups excluding carboxylic acids is 1. The van der Waals surface area contributed by atoms with Gasteiger partial charge in [-0.2, -0.15) is 0 Å². The minimum absolute atomic E-state index is 0.105. The summed E-state index contributed by atoms with van der Waals surface area (Å²) in [7, 11) is 0. The molecule has 0 aliphatic heterocycles. The van der Waals surface area contributed by atoms with E-state index >= 15 is 0 Å². The molecule has 0 aromatic heterocycles. The molecular formula is C17H24BrNO. The van der Waals surface area contributed by atoms with Crippen LogP contribution < -0.4 is 5.32 Å².